The minimum absolute atomic E-state index is 0. The predicted molar refractivity (Wildman–Crippen MR) is 73.7 cm³/mol. The van der Waals surface area contributed by atoms with E-state index < -0.39 is 0 Å². The molecule has 0 aliphatic rings. The van der Waals surface area contributed by atoms with Gasteiger partial charge in [-0.15, -0.1) is 0 Å². The van der Waals surface area contributed by atoms with Crippen LogP contribution in [0.15, 0.2) is 29.5 Å². The average molecular weight is 314 g/mol. The fourth-order valence-electron chi connectivity index (χ4n) is 1.29. The summed E-state index contributed by atoms with van der Waals surface area (Å²) >= 11 is 5.08. The van der Waals surface area contributed by atoms with Gasteiger partial charge in [0.05, 0.1) is 0 Å². The molecule has 0 fully saturated rings. The maximum atomic E-state index is 5.08. The molecule has 0 aliphatic carbocycles. The molecule has 4 nitrogen and oxygen atoms in total. The number of hydrogen-bond donors (Lipinski definition) is 0. The fourth-order valence-corrected chi connectivity index (χ4v) is 1.33. The Morgan fingerprint density at radius 3 is 2.50 bits per heavy atom. The third-order valence-corrected chi connectivity index (χ3v) is 2.72. The molecule has 18 heavy (non-hydrogen) atoms. The Morgan fingerprint density at radius 1 is 1.39 bits per heavy atom. The molecular formula is C12H18CuN4S. The topological polar surface area (TPSA) is 42.6 Å². The van der Waals surface area contributed by atoms with Crippen molar-refractivity contribution in [1.29, 1.82) is 0 Å². The average Bonchev–Trinajstić information content (AvgIpc) is 2.29. The molecule has 0 N–H and O–H groups in total. The number of amidine groups is 1. The van der Waals surface area contributed by atoms with Gasteiger partial charge in [-0.25, -0.2) is 0 Å². The van der Waals surface area contributed by atoms with E-state index in [1.807, 2.05) is 32.3 Å². The van der Waals surface area contributed by atoms with Crippen LogP contribution in [0.5, 0.6) is 0 Å². The van der Waals surface area contributed by atoms with E-state index in [1.54, 1.807) is 11.1 Å². The first-order chi connectivity index (χ1) is 8.02. The summed E-state index contributed by atoms with van der Waals surface area (Å²) in [5.41, 5.74) is 5.22. The van der Waals surface area contributed by atoms with E-state index >= 15 is 0 Å². The van der Waals surface area contributed by atoms with Crippen LogP contribution in [0.3, 0.4) is 0 Å². The van der Waals surface area contributed by atoms with Crippen LogP contribution in [0.25, 0.3) is 5.43 Å². The Hall–Kier alpha value is -0.841. The Bertz CT molecular complexity index is 368. The van der Waals surface area contributed by atoms with Crippen LogP contribution < -0.4 is 0 Å². The standard InChI is InChI=1S/C12H19N4S.Cu/c1-9(2)11(10-7-5-6-8-13-10)14-15-12(17)16(3)4;/h5-9,11H,1-4H3,(H,15,17);/q-1;+2/p-1. The summed E-state index contributed by atoms with van der Waals surface area (Å²) in [7, 11) is 3.71. The number of hydrogen-bond acceptors (Lipinski definition) is 3. The van der Waals surface area contributed by atoms with Gasteiger partial charge in [0.15, 0.2) is 0 Å². The van der Waals surface area contributed by atoms with Crippen molar-refractivity contribution >= 4 is 17.8 Å². The van der Waals surface area contributed by atoms with Crippen molar-refractivity contribution < 1.29 is 17.1 Å². The summed E-state index contributed by atoms with van der Waals surface area (Å²) in [6, 6.07) is 5.76. The van der Waals surface area contributed by atoms with Crippen LogP contribution in [0.1, 0.15) is 25.6 Å². The zero-order valence-electron chi connectivity index (χ0n) is 11.0. The maximum Gasteiger partial charge on any atom is 2.00 e. The number of pyridine rings is 1. The van der Waals surface area contributed by atoms with Crippen LogP contribution in [-0.2, 0) is 29.7 Å². The molecule has 1 heterocycles. The summed E-state index contributed by atoms with van der Waals surface area (Å²) in [6.45, 7) is 4.19. The monoisotopic (exact) mass is 313 g/mol. The van der Waals surface area contributed by atoms with Crippen LogP contribution >= 0.6 is 0 Å². The van der Waals surface area contributed by atoms with Gasteiger partial charge < -0.3 is 28.1 Å². The first-order valence-electron chi connectivity index (χ1n) is 5.55. The van der Waals surface area contributed by atoms with Crippen LogP contribution in [0.4, 0.5) is 0 Å². The van der Waals surface area contributed by atoms with Crippen molar-refractivity contribution in [2.24, 2.45) is 11.0 Å². The van der Waals surface area contributed by atoms with Gasteiger partial charge in [0.1, 0.15) is 0 Å². The molecule has 103 valence electrons. The molecule has 1 radical (unpaired) electrons. The summed E-state index contributed by atoms with van der Waals surface area (Å²) in [5.74, 6) is 0.332. The second kappa shape index (κ2) is 8.29. The molecule has 0 aromatic carbocycles. The Kier molecular flexibility index (Phi) is 7.91. The summed E-state index contributed by atoms with van der Waals surface area (Å²) in [6.07, 6.45) is 1.77. The van der Waals surface area contributed by atoms with Gasteiger partial charge in [-0.2, -0.15) is 0 Å². The van der Waals surface area contributed by atoms with Crippen LogP contribution in [0.2, 0.25) is 0 Å². The fraction of sp³-hybridized carbons (Fsp3) is 0.500. The summed E-state index contributed by atoms with van der Waals surface area (Å²) in [5, 5.41) is 4.54. The second-order valence-electron chi connectivity index (χ2n) is 4.34. The van der Waals surface area contributed by atoms with E-state index in [-0.39, 0.29) is 23.1 Å². The molecule has 1 rings (SSSR count). The van der Waals surface area contributed by atoms with Crippen LogP contribution in [-0.4, -0.2) is 29.1 Å². The molecule has 6 heteroatoms. The molecule has 1 unspecified atom stereocenters. The molecule has 0 saturated carbocycles. The van der Waals surface area contributed by atoms with Gasteiger partial charge in [-0.3, -0.25) is 4.98 Å². The molecule has 1 aromatic heterocycles. The molecule has 1 aromatic rings. The Balaban J connectivity index is 0.00000289. The zero-order valence-corrected chi connectivity index (χ0v) is 12.7. The molecule has 0 amide bonds. The number of aromatic nitrogens is 1. The van der Waals surface area contributed by atoms with Crippen molar-refractivity contribution in [1.82, 2.24) is 9.88 Å². The van der Waals surface area contributed by atoms with E-state index in [0.29, 0.717) is 11.1 Å². The molecule has 0 aliphatic heterocycles. The minimum atomic E-state index is -0.0471. The van der Waals surface area contributed by atoms with Gasteiger partial charge in [0.25, 0.3) is 0 Å². The quantitative estimate of drug-likeness (QED) is 0.282. The first-order valence-corrected chi connectivity index (χ1v) is 5.96. The third-order valence-electron chi connectivity index (χ3n) is 2.27. The van der Waals surface area contributed by atoms with Gasteiger partial charge in [-0.05, 0) is 17.3 Å². The van der Waals surface area contributed by atoms with Crippen LogP contribution in [0, 0.1) is 5.92 Å². The van der Waals surface area contributed by atoms with Crippen molar-refractivity contribution in [2.75, 3.05) is 14.1 Å². The molecule has 0 spiro atoms. The van der Waals surface area contributed by atoms with Crippen molar-refractivity contribution in [2.45, 2.75) is 19.9 Å². The Labute approximate surface area is 125 Å². The van der Waals surface area contributed by atoms with Gasteiger partial charge >= 0.3 is 17.1 Å². The molecule has 0 bridgehead atoms. The predicted octanol–water partition coefficient (Wildman–Crippen LogP) is 2.53. The van der Waals surface area contributed by atoms with E-state index in [9.17, 15) is 0 Å². The normalized spacial score (nSPS) is 12.8. The molecule has 1 atom stereocenters. The van der Waals surface area contributed by atoms with Gasteiger partial charge in [-0.1, -0.05) is 31.9 Å². The molecular weight excluding hydrogens is 296 g/mol. The van der Waals surface area contributed by atoms with Crippen molar-refractivity contribution in [3.8, 4) is 0 Å². The van der Waals surface area contributed by atoms with E-state index in [2.05, 4.69) is 29.4 Å². The van der Waals surface area contributed by atoms with Gasteiger partial charge in [0, 0.05) is 26.0 Å². The largest absolute Gasteiger partial charge is 2.00 e. The summed E-state index contributed by atoms with van der Waals surface area (Å²) in [4.78, 5) is 6.07. The first kappa shape index (κ1) is 17.2. The van der Waals surface area contributed by atoms with Gasteiger partial charge in [0.2, 0.25) is 0 Å². The van der Waals surface area contributed by atoms with Crippen molar-refractivity contribution in [3.05, 3.63) is 35.5 Å². The maximum absolute atomic E-state index is 5.08. The van der Waals surface area contributed by atoms with E-state index in [0.717, 1.165) is 5.69 Å². The molecule has 0 saturated heterocycles. The summed E-state index contributed by atoms with van der Waals surface area (Å²) < 4.78 is 0. The smallest absolute Gasteiger partial charge is 0.744 e. The van der Waals surface area contributed by atoms with E-state index in [4.69, 9.17) is 12.6 Å². The second-order valence-corrected chi connectivity index (χ2v) is 4.70. The Morgan fingerprint density at radius 2 is 2.06 bits per heavy atom. The third kappa shape index (κ3) is 5.21. The zero-order chi connectivity index (χ0) is 12.8. The SMILES string of the molecule is CC(C)C([N-]/N=C(\[S-])N(C)C)c1ccccn1.[Cu+2]. The minimum Gasteiger partial charge on any atom is -0.744 e. The van der Waals surface area contributed by atoms with Crippen molar-refractivity contribution in [3.63, 3.8) is 0 Å². The van der Waals surface area contributed by atoms with E-state index in [1.165, 1.54) is 0 Å². The number of nitrogens with zero attached hydrogens (tertiary/aromatic N) is 4. The number of rotatable bonds is 4.